The van der Waals surface area contributed by atoms with Crippen LogP contribution in [0.3, 0.4) is 0 Å². The fraction of sp³-hybridized carbons (Fsp3) is 0.950. The molecule has 0 radical (unpaired) electrons. The van der Waals surface area contributed by atoms with E-state index in [0.717, 1.165) is 18.3 Å². The quantitative estimate of drug-likeness (QED) is 0.585. The molecule has 5 atom stereocenters. The molecule has 4 aliphatic carbocycles. The summed E-state index contributed by atoms with van der Waals surface area (Å²) in [7, 11) is 0. The van der Waals surface area contributed by atoms with Gasteiger partial charge < -0.3 is 0 Å². The lowest BCUT2D eigenvalue weighted by Crippen LogP contribution is -2.56. The minimum Gasteiger partial charge on any atom is -0.299 e. The van der Waals surface area contributed by atoms with Crippen LogP contribution < -0.4 is 0 Å². The van der Waals surface area contributed by atoms with E-state index in [9.17, 15) is 4.79 Å². The second-order valence-electron chi connectivity index (χ2n) is 10.2. The molecule has 0 aromatic carbocycles. The molecule has 1 nitrogen and oxygen atoms in total. The molecule has 0 aromatic rings. The highest BCUT2D eigenvalue weighted by atomic mass is 16.1. The van der Waals surface area contributed by atoms with Gasteiger partial charge in [0.2, 0.25) is 0 Å². The Bertz CT molecular complexity index is 492. The fourth-order valence-corrected chi connectivity index (χ4v) is 7.83. The first-order valence-electron chi connectivity index (χ1n) is 9.25. The van der Waals surface area contributed by atoms with E-state index in [2.05, 4.69) is 27.7 Å². The molecule has 4 fully saturated rings. The number of hydrogen-bond acceptors (Lipinski definition) is 1. The Morgan fingerprint density at radius 2 is 1.62 bits per heavy atom. The Hall–Kier alpha value is -0.330. The van der Waals surface area contributed by atoms with Gasteiger partial charge in [-0.3, -0.25) is 4.79 Å². The van der Waals surface area contributed by atoms with Gasteiger partial charge in [-0.1, -0.05) is 34.1 Å². The minimum atomic E-state index is 0.0455. The molecule has 4 rings (SSSR count). The van der Waals surface area contributed by atoms with Gasteiger partial charge in [0, 0.05) is 11.8 Å². The summed E-state index contributed by atoms with van der Waals surface area (Å²) in [5, 5.41) is 0. The minimum absolute atomic E-state index is 0.0455. The maximum absolute atomic E-state index is 12.6. The first-order chi connectivity index (χ1) is 9.72. The van der Waals surface area contributed by atoms with Crippen molar-refractivity contribution in [3.8, 4) is 0 Å². The number of rotatable bonds is 0. The standard InChI is InChI=1S/C20H32O/c1-17(2)8-5-9-19(4)14(17)7-11-20-12-16(21)18(3,13-20)10-6-15(19)20/h14-15H,5-13H2,1-4H3/t14-,15+,18+,19?,20+/m1/s1. The highest BCUT2D eigenvalue weighted by Gasteiger charge is 2.66. The Morgan fingerprint density at radius 3 is 2.38 bits per heavy atom. The molecule has 2 bridgehead atoms. The first kappa shape index (κ1) is 14.3. The van der Waals surface area contributed by atoms with Crippen molar-refractivity contribution in [2.45, 2.75) is 85.5 Å². The van der Waals surface area contributed by atoms with Crippen LogP contribution in [0, 0.1) is 33.5 Å². The second-order valence-corrected chi connectivity index (χ2v) is 10.2. The number of fused-ring (bicyclic) bond motifs is 3. The molecule has 0 aliphatic heterocycles. The van der Waals surface area contributed by atoms with Gasteiger partial charge in [0.15, 0.2) is 0 Å². The van der Waals surface area contributed by atoms with Gasteiger partial charge in [-0.05, 0) is 73.0 Å². The van der Waals surface area contributed by atoms with Crippen molar-refractivity contribution in [3.63, 3.8) is 0 Å². The zero-order valence-electron chi connectivity index (χ0n) is 14.4. The topological polar surface area (TPSA) is 17.1 Å². The van der Waals surface area contributed by atoms with Crippen LogP contribution in [0.25, 0.3) is 0 Å². The molecule has 4 saturated carbocycles. The average Bonchev–Trinajstić information content (AvgIpc) is 2.54. The molecule has 1 spiro atoms. The molecule has 118 valence electrons. The van der Waals surface area contributed by atoms with E-state index in [-0.39, 0.29) is 5.41 Å². The zero-order chi connectivity index (χ0) is 15.1. The molecule has 4 aliphatic rings. The summed E-state index contributed by atoms with van der Waals surface area (Å²) in [6.07, 6.45) is 11.6. The highest BCUT2D eigenvalue weighted by Crippen LogP contribution is 2.72. The Morgan fingerprint density at radius 1 is 0.905 bits per heavy atom. The van der Waals surface area contributed by atoms with Gasteiger partial charge in [0.25, 0.3) is 0 Å². The summed E-state index contributed by atoms with van der Waals surface area (Å²) in [4.78, 5) is 12.6. The van der Waals surface area contributed by atoms with E-state index in [0.29, 0.717) is 22.0 Å². The highest BCUT2D eigenvalue weighted by molar-refractivity contribution is 5.88. The molecular weight excluding hydrogens is 256 g/mol. The molecule has 21 heavy (non-hydrogen) atoms. The third-order valence-corrected chi connectivity index (χ3v) is 8.65. The smallest absolute Gasteiger partial charge is 0.139 e. The van der Waals surface area contributed by atoms with Crippen LogP contribution in [0.1, 0.15) is 85.5 Å². The molecular formula is C20H32O. The summed E-state index contributed by atoms with van der Waals surface area (Å²) >= 11 is 0. The van der Waals surface area contributed by atoms with E-state index in [1.165, 1.54) is 51.4 Å². The number of carbonyl (C=O) groups excluding carboxylic acids is 1. The zero-order valence-corrected chi connectivity index (χ0v) is 14.4. The lowest BCUT2D eigenvalue weighted by molar-refractivity contribution is -0.149. The first-order valence-corrected chi connectivity index (χ1v) is 9.25. The predicted octanol–water partition coefficient (Wildman–Crippen LogP) is 5.38. The van der Waals surface area contributed by atoms with Crippen LogP contribution in [0.4, 0.5) is 0 Å². The fourth-order valence-electron chi connectivity index (χ4n) is 7.83. The summed E-state index contributed by atoms with van der Waals surface area (Å²) in [5.74, 6) is 2.31. The van der Waals surface area contributed by atoms with Gasteiger partial charge in [-0.2, -0.15) is 0 Å². The van der Waals surface area contributed by atoms with Crippen molar-refractivity contribution in [2.24, 2.45) is 33.5 Å². The third kappa shape index (κ3) is 1.67. The van der Waals surface area contributed by atoms with Crippen LogP contribution in [0.5, 0.6) is 0 Å². The van der Waals surface area contributed by atoms with Gasteiger partial charge in [-0.25, -0.2) is 0 Å². The average molecular weight is 288 g/mol. The summed E-state index contributed by atoms with van der Waals surface area (Å²) < 4.78 is 0. The monoisotopic (exact) mass is 288 g/mol. The lowest BCUT2D eigenvalue weighted by Gasteiger charge is -2.64. The summed E-state index contributed by atoms with van der Waals surface area (Å²) in [6, 6.07) is 0. The summed E-state index contributed by atoms with van der Waals surface area (Å²) in [5.41, 5.74) is 1.45. The molecule has 1 unspecified atom stereocenters. The SMILES string of the molecule is CC1(C)CCCC2(C)[C@@H]1CC[C@@]13CC(=O)[C@@](C)(CC[C@@H]21)C3. The van der Waals surface area contributed by atoms with E-state index in [1.54, 1.807) is 0 Å². The molecule has 0 saturated heterocycles. The van der Waals surface area contributed by atoms with Gasteiger partial charge in [0.05, 0.1) is 0 Å². The Kier molecular flexibility index (Phi) is 2.68. The van der Waals surface area contributed by atoms with Crippen molar-refractivity contribution >= 4 is 5.78 Å². The molecule has 1 heteroatoms. The Balaban J connectivity index is 1.75. The van der Waals surface area contributed by atoms with Crippen LogP contribution in [-0.2, 0) is 4.79 Å². The van der Waals surface area contributed by atoms with Crippen molar-refractivity contribution in [1.29, 1.82) is 0 Å². The molecule has 0 N–H and O–H groups in total. The van der Waals surface area contributed by atoms with Crippen LogP contribution in [-0.4, -0.2) is 5.78 Å². The molecule has 0 heterocycles. The maximum atomic E-state index is 12.6. The van der Waals surface area contributed by atoms with Crippen molar-refractivity contribution < 1.29 is 4.79 Å². The normalized spacial score (nSPS) is 55.0. The van der Waals surface area contributed by atoms with E-state index in [4.69, 9.17) is 0 Å². The molecule has 0 aromatic heterocycles. The number of hydrogen-bond donors (Lipinski definition) is 0. The maximum Gasteiger partial charge on any atom is 0.139 e. The van der Waals surface area contributed by atoms with Gasteiger partial charge in [0.1, 0.15) is 5.78 Å². The van der Waals surface area contributed by atoms with E-state index < -0.39 is 0 Å². The lowest BCUT2D eigenvalue weighted by atomic mass is 9.40. The molecule has 0 amide bonds. The van der Waals surface area contributed by atoms with Crippen molar-refractivity contribution in [1.82, 2.24) is 0 Å². The second kappa shape index (κ2) is 3.95. The van der Waals surface area contributed by atoms with Crippen LogP contribution in [0.15, 0.2) is 0 Å². The number of Topliss-reactive ketones (excluding diaryl/α,β-unsaturated/α-hetero) is 1. The van der Waals surface area contributed by atoms with Crippen molar-refractivity contribution in [3.05, 3.63) is 0 Å². The largest absolute Gasteiger partial charge is 0.299 e. The van der Waals surface area contributed by atoms with Crippen LogP contribution in [0.2, 0.25) is 0 Å². The van der Waals surface area contributed by atoms with Crippen LogP contribution >= 0.6 is 0 Å². The van der Waals surface area contributed by atoms with Crippen molar-refractivity contribution in [2.75, 3.05) is 0 Å². The predicted molar refractivity (Wildman–Crippen MR) is 86.0 cm³/mol. The van der Waals surface area contributed by atoms with Gasteiger partial charge in [-0.15, -0.1) is 0 Å². The third-order valence-electron chi connectivity index (χ3n) is 8.65. The van der Waals surface area contributed by atoms with E-state index in [1.807, 2.05) is 0 Å². The number of ketones is 1. The number of carbonyl (C=O) groups is 1. The van der Waals surface area contributed by atoms with E-state index >= 15 is 0 Å². The Labute approximate surface area is 130 Å². The van der Waals surface area contributed by atoms with Gasteiger partial charge >= 0.3 is 0 Å². The summed E-state index contributed by atoms with van der Waals surface area (Å²) in [6.45, 7) is 9.90.